The van der Waals surface area contributed by atoms with E-state index < -0.39 is 15.7 Å². The molecule has 20 heavy (non-hydrogen) atoms. The van der Waals surface area contributed by atoms with Crippen molar-refractivity contribution in [1.29, 1.82) is 0 Å². The Balaban J connectivity index is 2.09. The van der Waals surface area contributed by atoms with Crippen LogP contribution in [0.15, 0.2) is 0 Å². The fourth-order valence-electron chi connectivity index (χ4n) is 3.16. The summed E-state index contributed by atoms with van der Waals surface area (Å²) in [7, 11) is -1.38. The first-order valence-electron chi connectivity index (χ1n) is 7.58. The molecule has 0 bridgehead atoms. The minimum absolute atomic E-state index is 0.0855. The summed E-state index contributed by atoms with van der Waals surface area (Å²) in [6.45, 7) is 4.74. The van der Waals surface area contributed by atoms with E-state index in [2.05, 4.69) is 16.7 Å². The molecule has 0 aromatic heterocycles. The zero-order valence-corrected chi connectivity index (χ0v) is 13.5. The molecule has 6 nitrogen and oxygen atoms in total. The van der Waals surface area contributed by atoms with E-state index >= 15 is 0 Å². The molecule has 7 heteroatoms. The predicted octanol–water partition coefficient (Wildman–Crippen LogP) is 0.118. The molecule has 0 amide bonds. The number of nitrogens with zero attached hydrogens (tertiary/aromatic N) is 2. The van der Waals surface area contributed by atoms with Crippen molar-refractivity contribution in [2.45, 2.75) is 50.6 Å². The second-order valence-electron chi connectivity index (χ2n) is 6.35. The van der Waals surface area contributed by atoms with Gasteiger partial charge in [0.25, 0.3) is 10.2 Å². The average molecular weight is 304 g/mol. The van der Waals surface area contributed by atoms with Gasteiger partial charge in [0, 0.05) is 24.7 Å². The smallest absolute Gasteiger partial charge is 0.280 e. The highest BCUT2D eigenvalue weighted by atomic mass is 32.2. The summed E-state index contributed by atoms with van der Waals surface area (Å²) in [5.74, 6) is 0. The van der Waals surface area contributed by atoms with Gasteiger partial charge < -0.3 is 10.6 Å². The molecule has 0 aliphatic carbocycles. The highest BCUT2D eigenvalue weighted by molar-refractivity contribution is 7.87. The number of hydrogen-bond donors (Lipinski definition) is 2. The van der Waals surface area contributed by atoms with E-state index in [-0.39, 0.29) is 6.04 Å². The Labute approximate surface area is 122 Å². The first-order valence-corrected chi connectivity index (χ1v) is 9.02. The van der Waals surface area contributed by atoms with Crippen LogP contribution in [0, 0.1) is 0 Å². The SMILES string of the molecule is CC1CCCCN1S(=O)(=O)NC1(CN)CCN(C)CC1. The summed E-state index contributed by atoms with van der Waals surface area (Å²) in [5.41, 5.74) is 5.42. The van der Waals surface area contributed by atoms with Gasteiger partial charge in [0.2, 0.25) is 0 Å². The number of hydrogen-bond acceptors (Lipinski definition) is 4. The van der Waals surface area contributed by atoms with E-state index in [1.54, 1.807) is 4.31 Å². The Morgan fingerprint density at radius 3 is 2.45 bits per heavy atom. The Morgan fingerprint density at radius 2 is 1.90 bits per heavy atom. The first kappa shape index (κ1) is 16.2. The monoisotopic (exact) mass is 304 g/mol. The molecule has 0 aromatic rings. The molecule has 2 heterocycles. The second kappa shape index (κ2) is 6.27. The molecular weight excluding hydrogens is 276 g/mol. The van der Waals surface area contributed by atoms with Crippen LogP contribution in [0.25, 0.3) is 0 Å². The van der Waals surface area contributed by atoms with Gasteiger partial charge in [-0.05, 0) is 52.7 Å². The van der Waals surface area contributed by atoms with Crippen molar-refractivity contribution in [3.63, 3.8) is 0 Å². The van der Waals surface area contributed by atoms with Gasteiger partial charge in [-0.15, -0.1) is 0 Å². The van der Waals surface area contributed by atoms with Crippen molar-refractivity contribution in [2.24, 2.45) is 5.73 Å². The third-order valence-electron chi connectivity index (χ3n) is 4.73. The van der Waals surface area contributed by atoms with Crippen molar-refractivity contribution >= 4 is 10.2 Å². The normalized spacial score (nSPS) is 29.4. The van der Waals surface area contributed by atoms with E-state index in [4.69, 9.17) is 5.73 Å². The third kappa shape index (κ3) is 3.51. The van der Waals surface area contributed by atoms with Crippen molar-refractivity contribution in [2.75, 3.05) is 33.2 Å². The maximum atomic E-state index is 12.7. The molecule has 2 fully saturated rings. The standard InChI is InChI=1S/C13H28N4O2S/c1-12-5-3-4-8-17(12)20(18,19)15-13(11-14)6-9-16(2)10-7-13/h12,15H,3-11,14H2,1-2H3. The zero-order valence-electron chi connectivity index (χ0n) is 12.6. The van der Waals surface area contributed by atoms with Gasteiger partial charge in [-0.3, -0.25) is 0 Å². The van der Waals surface area contributed by atoms with E-state index in [0.717, 1.165) is 45.2 Å². The maximum absolute atomic E-state index is 12.7. The lowest BCUT2D eigenvalue weighted by molar-refractivity contribution is 0.176. The fraction of sp³-hybridized carbons (Fsp3) is 1.00. The summed E-state index contributed by atoms with van der Waals surface area (Å²) < 4.78 is 29.9. The molecule has 0 saturated carbocycles. The van der Waals surface area contributed by atoms with Gasteiger partial charge in [0.05, 0.1) is 0 Å². The number of piperidine rings is 2. The van der Waals surface area contributed by atoms with Gasteiger partial charge in [-0.25, -0.2) is 0 Å². The van der Waals surface area contributed by atoms with E-state index in [9.17, 15) is 8.42 Å². The van der Waals surface area contributed by atoms with Crippen LogP contribution >= 0.6 is 0 Å². The summed E-state index contributed by atoms with van der Waals surface area (Å²) in [6.07, 6.45) is 4.56. The van der Waals surface area contributed by atoms with Gasteiger partial charge in [-0.1, -0.05) is 6.42 Å². The molecule has 3 N–H and O–H groups in total. The van der Waals surface area contributed by atoms with Crippen LogP contribution in [0.1, 0.15) is 39.0 Å². The van der Waals surface area contributed by atoms with Crippen molar-refractivity contribution < 1.29 is 8.42 Å². The van der Waals surface area contributed by atoms with Crippen LogP contribution in [-0.2, 0) is 10.2 Å². The molecule has 2 aliphatic rings. The lowest BCUT2D eigenvalue weighted by Gasteiger charge is -2.42. The maximum Gasteiger partial charge on any atom is 0.280 e. The van der Waals surface area contributed by atoms with Crippen molar-refractivity contribution in [1.82, 2.24) is 13.9 Å². The second-order valence-corrected chi connectivity index (χ2v) is 7.97. The van der Waals surface area contributed by atoms with E-state index in [1.165, 1.54) is 0 Å². The topological polar surface area (TPSA) is 78.7 Å². The lowest BCUT2D eigenvalue weighted by Crippen LogP contribution is -2.62. The zero-order chi connectivity index (χ0) is 14.8. The predicted molar refractivity (Wildman–Crippen MR) is 80.6 cm³/mol. The Kier molecular flexibility index (Phi) is 5.07. The number of rotatable bonds is 4. The minimum atomic E-state index is -3.44. The molecule has 2 aliphatic heterocycles. The quantitative estimate of drug-likeness (QED) is 0.773. The third-order valence-corrected chi connectivity index (χ3v) is 6.58. The molecular formula is C13H28N4O2S. The van der Waals surface area contributed by atoms with E-state index in [0.29, 0.717) is 13.1 Å². The molecule has 1 atom stereocenters. The highest BCUT2D eigenvalue weighted by Crippen LogP contribution is 2.25. The number of nitrogens with one attached hydrogen (secondary N) is 1. The van der Waals surface area contributed by atoms with Crippen LogP contribution in [0.2, 0.25) is 0 Å². The Bertz CT molecular complexity index is 418. The summed E-state index contributed by atoms with van der Waals surface area (Å²) in [6, 6.07) is 0.0855. The first-order chi connectivity index (χ1) is 9.38. The molecule has 118 valence electrons. The number of likely N-dealkylation sites (tertiary alicyclic amines) is 1. The number of nitrogens with two attached hydrogens (primary N) is 1. The summed E-state index contributed by atoms with van der Waals surface area (Å²) in [4.78, 5) is 2.21. The van der Waals surface area contributed by atoms with Crippen LogP contribution < -0.4 is 10.5 Å². The van der Waals surface area contributed by atoms with Crippen molar-refractivity contribution in [3.05, 3.63) is 0 Å². The summed E-state index contributed by atoms with van der Waals surface area (Å²) in [5, 5.41) is 0. The summed E-state index contributed by atoms with van der Waals surface area (Å²) >= 11 is 0. The van der Waals surface area contributed by atoms with Gasteiger partial charge in [0.15, 0.2) is 0 Å². The van der Waals surface area contributed by atoms with E-state index in [1.807, 2.05) is 6.92 Å². The Morgan fingerprint density at radius 1 is 1.25 bits per heavy atom. The van der Waals surface area contributed by atoms with Gasteiger partial charge in [0.1, 0.15) is 0 Å². The van der Waals surface area contributed by atoms with Crippen LogP contribution in [0.4, 0.5) is 0 Å². The van der Waals surface area contributed by atoms with Gasteiger partial charge in [-0.2, -0.15) is 17.4 Å². The average Bonchev–Trinajstić information content (AvgIpc) is 2.42. The van der Waals surface area contributed by atoms with Gasteiger partial charge >= 0.3 is 0 Å². The van der Waals surface area contributed by atoms with Crippen LogP contribution in [0.3, 0.4) is 0 Å². The van der Waals surface area contributed by atoms with Crippen LogP contribution in [-0.4, -0.2) is 62.4 Å². The molecule has 0 radical (unpaired) electrons. The molecule has 1 unspecified atom stereocenters. The molecule has 0 aromatic carbocycles. The molecule has 2 saturated heterocycles. The minimum Gasteiger partial charge on any atom is -0.329 e. The Hall–Kier alpha value is -0.210. The fourth-order valence-corrected chi connectivity index (χ4v) is 5.06. The molecule has 0 spiro atoms. The lowest BCUT2D eigenvalue weighted by atomic mass is 9.89. The highest BCUT2D eigenvalue weighted by Gasteiger charge is 2.39. The largest absolute Gasteiger partial charge is 0.329 e. The molecule has 2 rings (SSSR count). The van der Waals surface area contributed by atoms with Crippen LogP contribution in [0.5, 0.6) is 0 Å². The van der Waals surface area contributed by atoms with Crippen molar-refractivity contribution in [3.8, 4) is 0 Å².